The molecule has 0 saturated heterocycles. The van der Waals surface area contributed by atoms with E-state index in [0.29, 0.717) is 0 Å². The average molecular weight is 160 g/mol. The Bertz CT molecular complexity index is 128. The second-order valence-electron chi connectivity index (χ2n) is 1.58. The molecule has 4 nitrogen and oxygen atoms in total. The molecule has 0 atom stereocenters. The summed E-state index contributed by atoms with van der Waals surface area (Å²) in [5.74, 6) is -0.769. The van der Waals surface area contributed by atoms with Crippen molar-refractivity contribution in [3.05, 3.63) is 12.2 Å². The van der Waals surface area contributed by atoms with E-state index >= 15 is 0 Å². The van der Waals surface area contributed by atoms with Crippen molar-refractivity contribution in [2.24, 2.45) is 0 Å². The minimum absolute atomic E-state index is 0.147. The van der Waals surface area contributed by atoms with Crippen LogP contribution in [0.2, 0.25) is 0 Å². The molecular weight excluding hydrogens is 148 g/mol. The summed E-state index contributed by atoms with van der Waals surface area (Å²) in [4.78, 5) is 18.2. The Morgan fingerprint density at radius 2 is 1.91 bits per heavy atom. The molecule has 0 fully saturated rings. The zero-order valence-corrected chi connectivity index (χ0v) is 6.36. The zero-order valence-electron chi connectivity index (χ0n) is 6.36. The van der Waals surface area contributed by atoms with Gasteiger partial charge in [-0.15, -0.1) is 0 Å². The van der Waals surface area contributed by atoms with E-state index in [0.717, 1.165) is 6.42 Å². The van der Waals surface area contributed by atoms with Crippen LogP contribution in [0.25, 0.3) is 0 Å². The van der Waals surface area contributed by atoms with E-state index in [4.69, 9.17) is 15.0 Å². The van der Waals surface area contributed by atoms with Gasteiger partial charge in [-0.05, 0) is 6.42 Å². The number of aliphatic carboxylic acids is 1. The van der Waals surface area contributed by atoms with E-state index in [1.54, 1.807) is 6.08 Å². The number of hydrogen-bond donors (Lipinski definition) is 2. The number of carboxylic acid groups (broad SMARTS) is 2. The average Bonchev–Trinajstić information content (AvgIpc) is 1.89. The van der Waals surface area contributed by atoms with Crippen LogP contribution in [0, 0.1) is 0 Å². The molecule has 0 aliphatic heterocycles. The van der Waals surface area contributed by atoms with Crippen molar-refractivity contribution in [2.45, 2.75) is 19.8 Å². The van der Waals surface area contributed by atoms with E-state index < -0.39 is 5.97 Å². The molecule has 0 aromatic rings. The predicted octanol–water partition coefficient (Wildman–Crippen LogP) is 1.13. The quantitative estimate of drug-likeness (QED) is 0.479. The molecule has 0 bridgehead atoms. The molecule has 4 heteroatoms. The monoisotopic (exact) mass is 160 g/mol. The molecule has 2 N–H and O–H groups in total. The second-order valence-corrected chi connectivity index (χ2v) is 1.58. The third-order valence-corrected chi connectivity index (χ3v) is 0.695. The van der Waals surface area contributed by atoms with Gasteiger partial charge in [-0.1, -0.05) is 19.1 Å². The molecule has 0 aliphatic carbocycles. The molecule has 0 aliphatic rings. The van der Waals surface area contributed by atoms with Gasteiger partial charge in [0.2, 0.25) is 0 Å². The van der Waals surface area contributed by atoms with Crippen LogP contribution in [-0.2, 0) is 9.59 Å². The Balaban J connectivity index is 0. The summed E-state index contributed by atoms with van der Waals surface area (Å²) in [6.07, 6.45) is 4.55. The Morgan fingerprint density at radius 3 is 2.18 bits per heavy atom. The lowest BCUT2D eigenvalue weighted by molar-refractivity contribution is -0.136. The van der Waals surface area contributed by atoms with E-state index in [1.807, 2.05) is 13.0 Å². The van der Waals surface area contributed by atoms with Gasteiger partial charge in [-0.2, -0.15) is 0 Å². The highest BCUT2D eigenvalue weighted by atomic mass is 16.4. The molecule has 0 saturated carbocycles. The smallest absolute Gasteiger partial charge is 0.307 e. The first-order valence-electron chi connectivity index (χ1n) is 3.13. The molecule has 0 amide bonds. The van der Waals surface area contributed by atoms with Crippen LogP contribution >= 0.6 is 0 Å². The van der Waals surface area contributed by atoms with Crippen molar-refractivity contribution in [1.82, 2.24) is 0 Å². The fourth-order valence-electron chi connectivity index (χ4n) is 0.351. The highest BCUT2D eigenvalue weighted by Crippen LogP contribution is 1.84. The second kappa shape index (κ2) is 11.5. The van der Waals surface area contributed by atoms with E-state index in [1.165, 1.54) is 0 Å². The van der Waals surface area contributed by atoms with E-state index in [9.17, 15) is 4.79 Å². The van der Waals surface area contributed by atoms with Crippen molar-refractivity contribution >= 4 is 12.4 Å². The summed E-state index contributed by atoms with van der Waals surface area (Å²) in [6, 6.07) is 0. The highest BCUT2D eigenvalue weighted by molar-refractivity contribution is 5.68. The molecule has 11 heavy (non-hydrogen) atoms. The van der Waals surface area contributed by atoms with Crippen molar-refractivity contribution in [3.8, 4) is 0 Å². The minimum Gasteiger partial charge on any atom is -0.483 e. The molecule has 64 valence electrons. The molecule has 0 aromatic carbocycles. The first-order valence-corrected chi connectivity index (χ1v) is 3.13. The lowest BCUT2D eigenvalue weighted by Crippen LogP contribution is -1.89. The third kappa shape index (κ3) is 28.6. The molecular formula is C7H12O4. The highest BCUT2D eigenvalue weighted by Gasteiger charge is 1.86. The first kappa shape index (κ1) is 12.4. The van der Waals surface area contributed by atoms with Crippen LogP contribution < -0.4 is 0 Å². The zero-order chi connectivity index (χ0) is 9.11. The van der Waals surface area contributed by atoms with Gasteiger partial charge in [0.25, 0.3) is 6.47 Å². The first-order chi connectivity index (χ1) is 5.18. The number of hydrogen-bond acceptors (Lipinski definition) is 2. The number of carboxylic acids is 1. The summed E-state index contributed by atoms with van der Waals surface area (Å²) in [5.41, 5.74) is 0. The number of rotatable bonds is 3. The maximum absolute atomic E-state index is 9.82. The van der Waals surface area contributed by atoms with Gasteiger partial charge >= 0.3 is 5.97 Å². The van der Waals surface area contributed by atoms with Crippen LogP contribution in [0.4, 0.5) is 0 Å². The number of carbonyl (C=O) groups is 2. The Kier molecular flexibility index (Phi) is 12.9. The lowest BCUT2D eigenvalue weighted by Gasteiger charge is -1.80. The third-order valence-electron chi connectivity index (χ3n) is 0.695. The van der Waals surface area contributed by atoms with Gasteiger partial charge < -0.3 is 10.2 Å². The van der Waals surface area contributed by atoms with Crippen LogP contribution in [0.15, 0.2) is 12.2 Å². The SMILES string of the molecule is CC/C=C\CC(=O)O.O=CO. The summed E-state index contributed by atoms with van der Waals surface area (Å²) in [5, 5.41) is 15.0. The maximum Gasteiger partial charge on any atom is 0.307 e. The minimum atomic E-state index is -0.769. The number of allylic oxidation sites excluding steroid dienone is 1. The standard InChI is InChI=1S/C6H10O2.CH2O2/c1-2-3-4-5-6(7)8;2-1-3/h3-4H,2,5H2,1H3,(H,7,8);1H,(H,2,3)/b4-3-;. The summed E-state index contributed by atoms with van der Waals surface area (Å²) >= 11 is 0. The van der Waals surface area contributed by atoms with E-state index in [-0.39, 0.29) is 12.9 Å². The van der Waals surface area contributed by atoms with Crippen molar-refractivity contribution < 1.29 is 19.8 Å². The predicted molar refractivity (Wildman–Crippen MR) is 40.4 cm³/mol. The molecule has 0 rings (SSSR count). The van der Waals surface area contributed by atoms with Gasteiger partial charge in [0.1, 0.15) is 0 Å². The van der Waals surface area contributed by atoms with Crippen molar-refractivity contribution in [3.63, 3.8) is 0 Å². The summed E-state index contributed by atoms with van der Waals surface area (Å²) in [7, 11) is 0. The summed E-state index contributed by atoms with van der Waals surface area (Å²) < 4.78 is 0. The molecule has 0 heterocycles. The van der Waals surface area contributed by atoms with Gasteiger partial charge in [-0.3, -0.25) is 9.59 Å². The topological polar surface area (TPSA) is 74.6 Å². The molecule has 0 aromatic heterocycles. The summed E-state index contributed by atoms with van der Waals surface area (Å²) in [6.45, 7) is 1.72. The largest absolute Gasteiger partial charge is 0.483 e. The molecule has 0 unspecified atom stereocenters. The van der Waals surface area contributed by atoms with Gasteiger partial charge in [0.15, 0.2) is 0 Å². The molecule has 0 radical (unpaired) electrons. The van der Waals surface area contributed by atoms with Gasteiger partial charge in [-0.25, -0.2) is 0 Å². The van der Waals surface area contributed by atoms with Gasteiger partial charge in [0.05, 0.1) is 6.42 Å². The lowest BCUT2D eigenvalue weighted by atomic mass is 10.3. The van der Waals surface area contributed by atoms with Crippen LogP contribution in [0.3, 0.4) is 0 Å². The fraction of sp³-hybridized carbons (Fsp3) is 0.429. The Morgan fingerprint density at radius 1 is 1.45 bits per heavy atom. The van der Waals surface area contributed by atoms with Crippen LogP contribution in [0.1, 0.15) is 19.8 Å². The maximum atomic E-state index is 9.82. The van der Waals surface area contributed by atoms with Crippen molar-refractivity contribution in [1.29, 1.82) is 0 Å². The fourth-order valence-corrected chi connectivity index (χ4v) is 0.351. The van der Waals surface area contributed by atoms with Crippen LogP contribution in [-0.4, -0.2) is 22.7 Å². The van der Waals surface area contributed by atoms with Gasteiger partial charge in [0, 0.05) is 0 Å². The Hall–Kier alpha value is -1.32. The normalized spacial score (nSPS) is 8.45. The molecule has 0 spiro atoms. The van der Waals surface area contributed by atoms with Crippen molar-refractivity contribution in [2.75, 3.05) is 0 Å². The van der Waals surface area contributed by atoms with E-state index in [2.05, 4.69) is 0 Å². The van der Waals surface area contributed by atoms with Crippen LogP contribution in [0.5, 0.6) is 0 Å². The Labute approximate surface area is 65.2 Å².